The van der Waals surface area contributed by atoms with Crippen molar-refractivity contribution in [3.05, 3.63) is 28.7 Å². The SMILES string of the molecule is NC(CCOc1cccc(Br)c1)CC1CCCO1. The lowest BCUT2D eigenvalue weighted by Gasteiger charge is -2.16. The summed E-state index contributed by atoms with van der Waals surface area (Å²) in [5.41, 5.74) is 6.08. The average Bonchev–Trinajstić information content (AvgIpc) is 2.82. The lowest BCUT2D eigenvalue weighted by molar-refractivity contribution is 0.0959. The van der Waals surface area contributed by atoms with E-state index in [4.69, 9.17) is 15.2 Å². The number of ether oxygens (including phenoxy) is 2. The molecule has 4 heteroatoms. The van der Waals surface area contributed by atoms with Crippen LogP contribution in [0.1, 0.15) is 25.7 Å². The van der Waals surface area contributed by atoms with Crippen molar-refractivity contribution in [2.24, 2.45) is 5.73 Å². The van der Waals surface area contributed by atoms with Crippen LogP contribution in [0.2, 0.25) is 0 Å². The molecule has 1 heterocycles. The molecule has 1 saturated heterocycles. The molecule has 2 N–H and O–H groups in total. The van der Waals surface area contributed by atoms with Gasteiger partial charge >= 0.3 is 0 Å². The van der Waals surface area contributed by atoms with E-state index < -0.39 is 0 Å². The van der Waals surface area contributed by atoms with Crippen molar-refractivity contribution in [1.82, 2.24) is 0 Å². The maximum atomic E-state index is 6.08. The van der Waals surface area contributed by atoms with Crippen LogP contribution in [0.5, 0.6) is 5.75 Å². The first-order valence-electron chi connectivity index (χ1n) is 6.49. The Morgan fingerprint density at radius 2 is 2.39 bits per heavy atom. The first kappa shape index (κ1) is 13.8. The monoisotopic (exact) mass is 313 g/mol. The van der Waals surface area contributed by atoms with Crippen molar-refractivity contribution in [2.45, 2.75) is 37.8 Å². The maximum Gasteiger partial charge on any atom is 0.120 e. The molecule has 2 unspecified atom stereocenters. The molecule has 18 heavy (non-hydrogen) atoms. The Balaban J connectivity index is 1.65. The van der Waals surface area contributed by atoms with Crippen LogP contribution in [0.3, 0.4) is 0 Å². The topological polar surface area (TPSA) is 44.5 Å². The average molecular weight is 314 g/mol. The largest absolute Gasteiger partial charge is 0.493 e. The quantitative estimate of drug-likeness (QED) is 0.877. The second kappa shape index (κ2) is 7.12. The van der Waals surface area contributed by atoms with Crippen molar-refractivity contribution in [1.29, 1.82) is 0 Å². The van der Waals surface area contributed by atoms with Gasteiger partial charge in [-0.05, 0) is 43.9 Å². The van der Waals surface area contributed by atoms with Gasteiger partial charge in [-0.25, -0.2) is 0 Å². The molecule has 2 rings (SSSR count). The van der Waals surface area contributed by atoms with E-state index in [9.17, 15) is 0 Å². The zero-order valence-corrected chi connectivity index (χ0v) is 12.1. The molecule has 0 spiro atoms. The van der Waals surface area contributed by atoms with E-state index in [0.717, 1.165) is 36.1 Å². The lowest BCUT2D eigenvalue weighted by atomic mass is 10.1. The van der Waals surface area contributed by atoms with Crippen LogP contribution in [0, 0.1) is 0 Å². The zero-order chi connectivity index (χ0) is 12.8. The van der Waals surface area contributed by atoms with E-state index >= 15 is 0 Å². The van der Waals surface area contributed by atoms with Crippen LogP contribution < -0.4 is 10.5 Å². The molecule has 3 nitrogen and oxygen atoms in total. The highest BCUT2D eigenvalue weighted by Gasteiger charge is 2.18. The van der Waals surface area contributed by atoms with Gasteiger partial charge in [0.15, 0.2) is 0 Å². The number of halogens is 1. The number of rotatable bonds is 6. The van der Waals surface area contributed by atoms with Crippen LogP contribution >= 0.6 is 15.9 Å². The third kappa shape index (κ3) is 4.59. The molecular formula is C14H20BrNO2. The van der Waals surface area contributed by atoms with Gasteiger partial charge in [0.25, 0.3) is 0 Å². The minimum absolute atomic E-state index is 0.167. The predicted octanol–water partition coefficient (Wildman–Crippen LogP) is 3.11. The Morgan fingerprint density at radius 1 is 1.50 bits per heavy atom. The van der Waals surface area contributed by atoms with Gasteiger partial charge < -0.3 is 15.2 Å². The first-order valence-corrected chi connectivity index (χ1v) is 7.29. The summed E-state index contributed by atoms with van der Waals surface area (Å²) in [6, 6.07) is 8.03. The summed E-state index contributed by atoms with van der Waals surface area (Å²) in [5.74, 6) is 0.883. The fourth-order valence-corrected chi connectivity index (χ4v) is 2.55. The molecule has 0 aromatic heterocycles. The normalized spacial score (nSPS) is 20.9. The Kier molecular flexibility index (Phi) is 5.47. The van der Waals surface area contributed by atoms with Crippen LogP contribution in [-0.4, -0.2) is 25.4 Å². The molecular weight excluding hydrogens is 294 g/mol. The summed E-state index contributed by atoms with van der Waals surface area (Å²) in [6.07, 6.45) is 4.51. The van der Waals surface area contributed by atoms with Crippen molar-refractivity contribution in [2.75, 3.05) is 13.2 Å². The first-order chi connectivity index (χ1) is 8.74. The molecule has 1 aromatic rings. The Bertz CT molecular complexity index is 367. The Morgan fingerprint density at radius 3 is 3.11 bits per heavy atom. The number of hydrogen-bond donors (Lipinski definition) is 1. The second-order valence-electron chi connectivity index (χ2n) is 4.73. The molecule has 1 aromatic carbocycles. The lowest BCUT2D eigenvalue weighted by Crippen LogP contribution is -2.27. The van der Waals surface area contributed by atoms with Crippen molar-refractivity contribution >= 4 is 15.9 Å². The molecule has 0 radical (unpaired) electrons. The van der Waals surface area contributed by atoms with Gasteiger partial charge in [0.1, 0.15) is 5.75 Å². The molecule has 100 valence electrons. The van der Waals surface area contributed by atoms with Gasteiger partial charge in [-0.15, -0.1) is 0 Å². The molecule has 1 fully saturated rings. The van der Waals surface area contributed by atoms with Gasteiger partial charge in [0.05, 0.1) is 12.7 Å². The van der Waals surface area contributed by atoms with Crippen molar-refractivity contribution in [3.8, 4) is 5.75 Å². The van der Waals surface area contributed by atoms with Crippen LogP contribution in [0.25, 0.3) is 0 Å². The molecule has 2 atom stereocenters. The maximum absolute atomic E-state index is 6.08. The van der Waals surface area contributed by atoms with Crippen LogP contribution in [0.15, 0.2) is 28.7 Å². The fourth-order valence-electron chi connectivity index (χ4n) is 2.17. The Labute approximate surface area is 117 Å². The second-order valence-corrected chi connectivity index (χ2v) is 5.64. The van der Waals surface area contributed by atoms with Gasteiger partial charge in [-0.3, -0.25) is 0 Å². The molecule has 0 amide bonds. The van der Waals surface area contributed by atoms with Crippen molar-refractivity contribution < 1.29 is 9.47 Å². The standard InChI is InChI=1S/C14H20BrNO2/c15-11-3-1-4-13(9-11)18-8-6-12(16)10-14-5-2-7-17-14/h1,3-4,9,12,14H,2,5-8,10,16H2. The van der Waals surface area contributed by atoms with E-state index in [1.807, 2.05) is 24.3 Å². The van der Waals surface area contributed by atoms with Crippen LogP contribution in [-0.2, 0) is 4.74 Å². The summed E-state index contributed by atoms with van der Waals surface area (Å²) < 4.78 is 12.3. The zero-order valence-electron chi connectivity index (χ0n) is 10.5. The highest BCUT2D eigenvalue weighted by molar-refractivity contribution is 9.10. The third-order valence-corrected chi connectivity index (χ3v) is 3.64. The molecule has 1 aliphatic rings. The van der Waals surface area contributed by atoms with Gasteiger partial charge in [-0.2, -0.15) is 0 Å². The highest BCUT2D eigenvalue weighted by atomic mass is 79.9. The molecule has 1 aliphatic heterocycles. The summed E-state index contributed by atoms with van der Waals surface area (Å²) in [4.78, 5) is 0. The van der Waals surface area contributed by atoms with E-state index in [1.165, 1.54) is 6.42 Å². The summed E-state index contributed by atoms with van der Waals surface area (Å²) in [5, 5.41) is 0. The Hall–Kier alpha value is -0.580. The fraction of sp³-hybridized carbons (Fsp3) is 0.571. The summed E-state index contributed by atoms with van der Waals surface area (Å²) >= 11 is 3.42. The van der Waals surface area contributed by atoms with E-state index in [0.29, 0.717) is 12.7 Å². The number of benzene rings is 1. The molecule has 0 bridgehead atoms. The highest BCUT2D eigenvalue weighted by Crippen LogP contribution is 2.19. The predicted molar refractivity (Wildman–Crippen MR) is 75.8 cm³/mol. The van der Waals surface area contributed by atoms with Crippen LogP contribution in [0.4, 0.5) is 0 Å². The van der Waals surface area contributed by atoms with E-state index in [2.05, 4.69) is 15.9 Å². The number of nitrogens with two attached hydrogens (primary N) is 1. The molecule has 0 aliphatic carbocycles. The number of hydrogen-bond acceptors (Lipinski definition) is 3. The smallest absolute Gasteiger partial charge is 0.120 e. The van der Waals surface area contributed by atoms with Gasteiger partial charge in [-0.1, -0.05) is 22.0 Å². The third-order valence-electron chi connectivity index (χ3n) is 3.14. The van der Waals surface area contributed by atoms with Gasteiger partial charge in [0, 0.05) is 17.1 Å². The van der Waals surface area contributed by atoms with Crippen molar-refractivity contribution in [3.63, 3.8) is 0 Å². The summed E-state index contributed by atoms with van der Waals surface area (Å²) in [6.45, 7) is 1.55. The molecule has 0 saturated carbocycles. The van der Waals surface area contributed by atoms with E-state index in [-0.39, 0.29) is 6.04 Å². The minimum atomic E-state index is 0.167. The minimum Gasteiger partial charge on any atom is -0.493 e. The van der Waals surface area contributed by atoms with Gasteiger partial charge in [0.2, 0.25) is 0 Å². The van der Waals surface area contributed by atoms with E-state index in [1.54, 1.807) is 0 Å². The summed E-state index contributed by atoms with van der Waals surface area (Å²) in [7, 11) is 0.